The molecule has 0 aromatic rings. The quantitative estimate of drug-likeness (QED) is 0.676. The molecule has 0 aromatic heterocycles. The van der Waals surface area contributed by atoms with Crippen LogP contribution < -0.4 is 5.73 Å². The van der Waals surface area contributed by atoms with Crippen LogP contribution >= 0.6 is 0 Å². The molecule has 3 heteroatoms. The Balaban J connectivity index is 2.27. The van der Waals surface area contributed by atoms with E-state index in [1.54, 1.807) is 4.90 Å². The van der Waals surface area contributed by atoms with Crippen molar-refractivity contribution in [3.63, 3.8) is 0 Å². The molecule has 1 aliphatic rings. The fourth-order valence-corrected chi connectivity index (χ4v) is 1.28. The SMILES string of the molecule is CCCC(=O)N(C)CC1(N)CC1. The molecule has 1 rings (SSSR count). The van der Waals surface area contributed by atoms with Crippen molar-refractivity contribution in [2.45, 2.75) is 38.1 Å². The second kappa shape index (κ2) is 3.44. The lowest BCUT2D eigenvalue weighted by molar-refractivity contribution is -0.130. The highest BCUT2D eigenvalue weighted by Gasteiger charge is 2.39. The van der Waals surface area contributed by atoms with E-state index in [0.717, 1.165) is 25.8 Å². The molecule has 70 valence electrons. The summed E-state index contributed by atoms with van der Waals surface area (Å²) >= 11 is 0. The van der Waals surface area contributed by atoms with Crippen LogP contribution in [-0.4, -0.2) is 29.9 Å². The predicted molar refractivity (Wildman–Crippen MR) is 48.7 cm³/mol. The van der Waals surface area contributed by atoms with Gasteiger partial charge in [-0.05, 0) is 19.3 Å². The van der Waals surface area contributed by atoms with Crippen LogP contribution in [0.1, 0.15) is 32.6 Å². The van der Waals surface area contributed by atoms with Crippen LogP contribution in [-0.2, 0) is 4.79 Å². The minimum Gasteiger partial charge on any atom is -0.344 e. The Bertz CT molecular complexity index is 175. The summed E-state index contributed by atoms with van der Waals surface area (Å²) < 4.78 is 0. The summed E-state index contributed by atoms with van der Waals surface area (Å²) in [5.41, 5.74) is 5.84. The highest BCUT2D eigenvalue weighted by Crippen LogP contribution is 2.32. The van der Waals surface area contributed by atoms with Crippen LogP contribution in [0.25, 0.3) is 0 Å². The Morgan fingerprint density at radius 3 is 2.58 bits per heavy atom. The van der Waals surface area contributed by atoms with E-state index in [9.17, 15) is 4.79 Å². The maximum atomic E-state index is 11.3. The second-order valence-electron chi connectivity index (χ2n) is 3.86. The van der Waals surface area contributed by atoms with Gasteiger partial charge >= 0.3 is 0 Å². The molecule has 0 atom stereocenters. The number of rotatable bonds is 4. The number of nitrogens with two attached hydrogens (primary N) is 1. The van der Waals surface area contributed by atoms with Gasteiger partial charge in [-0.2, -0.15) is 0 Å². The molecule has 0 radical (unpaired) electrons. The summed E-state index contributed by atoms with van der Waals surface area (Å²) in [6.07, 6.45) is 3.70. The molecule has 12 heavy (non-hydrogen) atoms. The molecule has 3 nitrogen and oxygen atoms in total. The van der Waals surface area contributed by atoms with Gasteiger partial charge in [-0.3, -0.25) is 4.79 Å². The molecular formula is C9H18N2O. The standard InChI is InChI=1S/C9H18N2O/c1-3-4-8(12)11(2)7-9(10)5-6-9/h3-7,10H2,1-2H3. The minimum absolute atomic E-state index is 0.0435. The van der Waals surface area contributed by atoms with Crippen molar-refractivity contribution in [1.82, 2.24) is 4.90 Å². The van der Waals surface area contributed by atoms with Crippen molar-refractivity contribution >= 4 is 5.91 Å². The third kappa shape index (κ3) is 2.48. The summed E-state index contributed by atoms with van der Waals surface area (Å²) in [5, 5.41) is 0. The largest absolute Gasteiger partial charge is 0.344 e. The Morgan fingerprint density at radius 2 is 2.17 bits per heavy atom. The molecule has 0 unspecified atom stereocenters. The molecular weight excluding hydrogens is 152 g/mol. The first kappa shape index (κ1) is 9.52. The zero-order valence-electron chi connectivity index (χ0n) is 7.97. The molecule has 0 bridgehead atoms. The molecule has 0 heterocycles. The fraction of sp³-hybridized carbons (Fsp3) is 0.889. The zero-order valence-corrected chi connectivity index (χ0v) is 7.97. The van der Waals surface area contributed by atoms with E-state index >= 15 is 0 Å². The van der Waals surface area contributed by atoms with Gasteiger partial charge in [0.05, 0.1) is 0 Å². The highest BCUT2D eigenvalue weighted by molar-refractivity contribution is 5.75. The number of carbonyl (C=O) groups excluding carboxylic acids is 1. The van der Waals surface area contributed by atoms with Gasteiger partial charge in [0, 0.05) is 25.6 Å². The van der Waals surface area contributed by atoms with E-state index in [1.165, 1.54) is 0 Å². The van der Waals surface area contributed by atoms with Crippen molar-refractivity contribution in [3.8, 4) is 0 Å². The average molecular weight is 170 g/mol. The smallest absolute Gasteiger partial charge is 0.222 e. The number of likely N-dealkylation sites (N-methyl/N-ethyl adjacent to an activating group) is 1. The average Bonchev–Trinajstić information content (AvgIpc) is 2.68. The van der Waals surface area contributed by atoms with E-state index in [4.69, 9.17) is 5.73 Å². The number of carbonyl (C=O) groups is 1. The first-order chi connectivity index (χ1) is 5.57. The van der Waals surface area contributed by atoms with Crippen molar-refractivity contribution < 1.29 is 4.79 Å². The van der Waals surface area contributed by atoms with Gasteiger partial charge in [-0.25, -0.2) is 0 Å². The topological polar surface area (TPSA) is 46.3 Å². The third-order valence-corrected chi connectivity index (χ3v) is 2.33. The lowest BCUT2D eigenvalue weighted by Gasteiger charge is -2.20. The van der Waals surface area contributed by atoms with Gasteiger partial charge in [-0.15, -0.1) is 0 Å². The number of nitrogens with zero attached hydrogens (tertiary/aromatic N) is 1. The van der Waals surface area contributed by atoms with Gasteiger partial charge in [0.15, 0.2) is 0 Å². The van der Waals surface area contributed by atoms with Crippen LogP contribution in [0.4, 0.5) is 0 Å². The third-order valence-electron chi connectivity index (χ3n) is 2.33. The van der Waals surface area contributed by atoms with Crippen LogP contribution in [0.3, 0.4) is 0 Å². The summed E-state index contributed by atoms with van der Waals surface area (Å²) in [5.74, 6) is 0.217. The first-order valence-corrected chi connectivity index (χ1v) is 4.60. The summed E-state index contributed by atoms with van der Waals surface area (Å²) in [4.78, 5) is 13.1. The summed E-state index contributed by atoms with van der Waals surface area (Å²) in [6, 6.07) is 0. The summed E-state index contributed by atoms with van der Waals surface area (Å²) in [7, 11) is 1.84. The van der Waals surface area contributed by atoms with Crippen LogP contribution in [0, 0.1) is 0 Å². The normalized spacial score (nSPS) is 18.9. The van der Waals surface area contributed by atoms with Crippen LogP contribution in [0.2, 0.25) is 0 Å². The lowest BCUT2D eigenvalue weighted by Crippen LogP contribution is -2.40. The van der Waals surface area contributed by atoms with E-state index < -0.39 is 0 Å². The Kier molecular flexibility index (Phi) is 2.73. The van der Waals surface area contributed by atoms with E-state index in [0.29, 0.717) is 6.42 Å². The maximum Gasteiger partial charge on any atom is 0.222 e. The molecule has 0 saturated heterocycles. The monoisotopic (exact) mass is 170 g/mol. The molecule has 0 aliphatic heterocycles. The molecule has 1 aliphatic carbocycles. The van der Waals surface area contributed by atoms with Gasteiger partial charge in [-0.1, -0.05) is 6.92 Å². The predicted octanol–water partition coefficient (Wildman–Crippen LogP) is 0.736. The van der Waals surface area contributed by atoms with Gasteiger partial charge in [0.25, 0.3) is 0 Å². The zero-order chi connectivity index (χ0) is 9.19. The number of amides is 1. The first-order valence-electron chi connectivity index (χ1n) is 4.60. The number of hydrogen-bond acceptors (Lipinski definition) is 2. The molecule has 1 fully saturated rings. The Hall–Kier alpha value is -0.570. The molecule has 0 spiro atoms. The molecule has 2 N–H and O–H groups in total. The Labute approximate surface area is 73.9 Å². The molecule has 0 aromatic carbocycles. The van der Waals surface area contributed by atoms with Crippen molar-refractivity contribution in [2.24, 2.45) is 5.73 Å². The fourth-order valence-electron chi connectivity index (χ4n) is 1.28. The number of hydrogen-bond donors (Lipinski definition) is 1. The van der Waals surface area contributed by atoms with Crippen molar-refractivity contribution in [2.75, 3.05) is 13.6 Å². The van der Waals surface area contributed by atoms with Crippen LogP contribution in [0.15, 0.2) is 0 Å². The lowest BCUT2D eigenvalue weighted by atomic mass is 10.2. The van der Waals surface area contributed by atoms with E-state index in [-0.39, 0.29) is 11.4 Å². The summed E-state index contributed by atoms with van der Waals surface area (Å²) in [6.45, 7) is 2.74. The van der Waals surface area contributed by atoms with Gasteiger partial charge < -0.3 is 10.6 Å². The maximum absolute atomic E-state index is 11.3. The van der Waals surface area contributed by atoms with Crippen LogP contribution in [0.5, 0.6) is 0 Å². The van der Waals surface area contributed by atoms with Crippen molar-refractivity contribution in [3.05, 3.63) is 0 Å². The Morgan fingerprint density at radius 1 is 1.58 bits per heavy atom. The van der Waals surface area contributed by atoms with Crippen molar-refractivity contribution in [1.29, 1.82) is 0 Å². The highest BCUT2D eigenvalue weighted by atomic mass is 16.2. The van der Waals surface area contributed by atoms with Gasteiger partial charge in [0.1, 0.15) is 0 Å². The van der Waals surface area contributed by atoms with E-state index in [1.807, 2.05) is 14.0 Å². The van der Waals surface area contributed by atoms with E-state index in [2.05, 4.69) is 0 Å². The molecule has 1 amide bonds. The van der Waals surface area contributed by atoms with Gasteiger partial charge in [0.2, 0.25) is 5.91 Å². The molecule has 1 saturated carbocycles. The minimum atomic E-state index is -0.0435. The second-order valence-corrected chi connectivity index (χ2v) is 3.86.